The van der Waals surface area contributed by atoms with Crippen LogP contribution in [0.4, 0.5) is 4.79 Å². The Morgan fingerprint density at radius 1 is 1.25 bits per heavy atom. The highest BCUT2D eigenvalue weighted by Gasteiger charge is 2.38. The molecule has 0 saturated carbocycles. The van der Waals surface area contributed by atoms with Crippen LogP contribution in [0.2, 0.25) is 0 Å². The lowest BCUT2D eigenvalue weighted by Gasteiger charge is -2.37. The van der Waals surface area contributed by atoms with E-state index in [1.807, 2.05) is 24.3 Å². The number of aldehydes is 1. The first-order chi connectivity index (χ1) is 13.1. The molecule has 0 spiro atoms. The van der Waals surface area contributed by atoms with Crippen molar-refractivity contribution in [3.8, 4) is 5.75 Å². The van der Waals surface area contributed by atoms with Crippen LogP contribution in [0.1, 0.15) is 32.8 Å². The number of carbonyl (C=O) groups is 3. The average molecular weight is 390 g/mol. The molecule has 1 aromatic carbocycles. The van der Waals surface area contributed by atoms with Crippen LogP contribution in [0.5, 0.6) is 5.75 Å². The lowest BCUT2D eigenvalue weighted by Crippen LogP contribution is -2.50. The van der Waals surface area contributed by atoms with Crippen molar-refractivity contribution in [2.45, 2.75) is 39.3 Å². The maximum Gasteiger partial charge on any atom is 0.410 e. The molecule has 1 aromatic rings. The number of ether oxygens (including phenoxy) is 2. The van der Waals surface area contributed by atoms with Gasteiger partial charge >= 0.3 is 6.09 Å². The molecule has 0 radical (unpaired) electrons. The lowest BCUT2D eigenvalue weighted by molar-refractivity contribution is -0.140. The van der Waals surface area contributed by atoms with Crippen LogP contribution < -0.4 is 4.74 Å². The van der Waals surface area contributed by atoms with E-state index in [2.05, 4.69) is 0 Å². The first-order valence-corrected chi connectivity index (χ1v) is 9.45. The molecule has 1 aliphatic rings. The minimum Gasteiger partial charge on any atom is -0.497 e. The van der Waals surface area contributed by atoms with Crippen molar-refractivity contribution in [2.24, 2.45) is 11.8 Å². The summed E-state index contributed by atoms with van der Waals surface area (Å²) in [4.78, 5) is 39.9. The Balaban J connectivity index is 1.98. The number of carbonyl (C=O) groups excluding carboxylic acids is 3. The highest BCUT2D eigenvalue weighted by Crippen LogP contribution is 2.26. The normalized spacial score (nSPS) is 19.7. The van der Waals surface area contributed by atoms with Crippen molar-refractivity contribution in [1.29, 1.82) is 0 Å². The maximum atomic E-state index is 12.9. The summed E-state index contributed by atoms with van der Waals surface area (Å²) >= 11 is 0. The molecular weight excluding hydrogens is 360 g/mol. The van der Waals surface area contributed by atoms with Crippen molar-refractivity contribution in [2.75, 3.05) is 27.2 Å². The van der Waals surface area contributed by atoms with Gasteiger partial charge in [0.2, 0.25) is 5.91 Å². The summed E-state index contributed by atoms with van der Waals surface area (Å²) < 4.78 is 10.5. The molecule has 0 aromatic heterocycles. The Morgan fingerprint density at radius 3 is 2.43 bits per heavy atom. The van der Waals surface area contributed by atoms with Gasteiger partial charge in [0.1, 0.15) is 17.6 Å². The number of likely N-dealkylation sites (tertiary alicyclic amines) is 1. The predicted molar refractivity (Wildman–Crippen MR) is 105 cm³/mol. The maximum absolute atomic E-state index is 12.9. The Bertz CT molecular complexity index is 696. The summed E-state index contributed by atoms with van der Waals surface area (Å²) in [6, 6.07) is 7.51. The highest BCUT2D eigenvalue weighted by atomic mass is 16.6. The van der Waals surface area contributed by atoms with E-state index >= 15 is 0 Å². The lowest BCUT2D eigenvalue weighted by atomic mass is 9.85. The van der Waals surface area contributed by atoms with Crippen molar-refractivity contribution in [3.63, 3.8) is 0 Å². The molecule has 1 aliphatic heterocycles. The third-order valence-electron chi connectivity index (χ3n) is 4.76. The van der Waals surface area contributed by atoms with Gasteiger partial charge in [-0.05, 0) is 44.9 Å². The van der Waals surface area contributed by atoms with E-state index in [0.717, 1.165) is 17.6 Å². The Hall–Kier alpha value is -2.57. The molecule has 1 saturated heterocycles. The minimum atomic E-state index is -0.598. The molecule has 2 rings (SSSR count). The molecule has 7 nitrogen and oxygen atoms in total. The van der Waals surface area contributed by atoms with Crippen LogP contribution >= 0.6 is 0 Å². The monoisotopic (exact) mass is 390 g/mol. The van der Waals surface area contributed by atoms with Crippen LogP contribution in [0.15, 0.2) is 24.3 Å². The number of nitrogens with zero attached hydrogens (tertiary/aromatic N) is 2. The second-order valence-corrected chi connectivity index (χ2v) is 8.16. The number of methoxy groups -OCH3 is 1. The van der Waals surface area contributed by atoms with E-state index in [1.165, 1.54) is 4.90 Å². The molecule has 154 valence electrons. The highest BCUT2D eigenvalue weighted by molar-refractivity contribution is 5.82. The molecule has 1 fully saturated rings. The zero-order chi connectivity index (χ0) is 20.9. The van der Waals surface area contributed by atoms with E-state index in [4.69, 9.17) is 9.47 Å². The van der Waals surface area contributed by atoms with Gasteiger partial charge in [0, 0.05) is 32.6 Å². The van der Waals surface area contributed by atoms with E-state index in [0.29, 0.717) is 19.5 Å². The molecule has 2 amide bonds. The van der Waals surface area contributed by atoms with Gasteiger partial charge in [0.05, 0.1) is 13.0 Å². The summed E-state index contributed by atoms with van der Waals surface area (Å²) in [5, 5.41) is 0. The van der Waals surface area contributed by atoms with Gasteiger partial charge in [0.15, 0.2) is 0 Å². The summed E-state index contributed by atoms with van der Waals surface area (Å²) in [6.45, 7) is 6.43. The molecule has 1 heterocycles. The smallest absolute Gasteiger partial charge is 0.410 e. The van der Waals surface area contributed by atoms with Gasteiger partial charge in [-0.2, -0.15) is 0 Å². The number of rotatable bonds is 5. The fourth-order valence-electron chi connectivity index (χ4n) is 3.28. The second-order valence-electron chi connectivity index (χ2n) is 8.16. The topological polar surface area (TPSA) is 76.2 Å². The number of hydrogen-bond acceptors (Lipinski definition) is 5. The van der Waals surface area contributed by atoms with Crippen LogP contribution in [-0.2, 0) is 20.9 Å². The SMILES string of the molecule is COc1ccc(CN(C)C(=O)[C@H]2CCN(C(=O)OC(C)(C)C)C[C@H]2C=O)cc1. The Labute approximate surface area is 166 Å². The molecule has 0 unspecified atom stereocenters. The molecule has 7 heteroatoms. The molecular formula is C21H30N2O5. The molecule has 28 heavy (non-hydrogen) atoms. The summed E-state index contributed by atoms with van der Waals surface area (Å²) in [5.74, 6) is -0.295. The van der Waals surface area contributed by atoms with Crippen molar-refractivity contribution < 1.29 is 23.9 Å². The number of hydrogen-bond donors (Lipinski definition) is 0. The van der Waals surface area contributed by atoms with Crippen LogP contribution in [0.3, 0.4) is 0 Å². The van der Waals surface area contributed by atoms with Gasteiger partial charge < -0.3 is 24.1 Å². The van der Waals surface area contributed by atoms with Gasteiger partial charge in [-0.25, -0.2) is 4.79 Å². The molecule has 0 aliphatic carbocycles. The Kier molecular flexibility index (Phi) is 7.05. The summed E-state index contributed by atoms with van der Waals surface area (Å²) in [7, 11) is 3.34. The predicted octanol–water partition coefficient (Wildman–Crippen LogP) is 2.73. The number of benzene rings is 1. The van der Waals surface area contributed by atoms with Crippen LogP contribution in [0, 0.1) is 11.8 Å². The standard InChI is InChI=1S/C21H30N2O5/c1-21(2,3)28-20(26)23-11-10-18(16(13-23)14-24)19(25)22(4)12-15-6-8-17(27-5)9-7-15/h6-9,14,16,18H,10-13H2,1-5H3/t16-,18-/m0/s1. The first kappa shape index (κ1) is 21.7. The second kappa shape index (κ2) is 9.08. The van der Waals surface area contributed by atoms with E-state index < -0.39 is 23.5 Å². The van der Waals surface area contributed by atoms with E-state index in [-0.39, 0.29) is 12.5 Å². The fourth-order valence-corrected chi connectivity index (χ4v) is 3.28. The van der Waals surface area contributed by atoms with Crippen molar-refractivity contribution >= 4 is 18.3 Å². The zero-order valence-corrected chi connectivity index (χ0v) is 17.3. The third-order valence-corrected chi connectivity index (χ3v) is 4.76. The summed E-state index contributed by atoms with van der Waals surface area (Å²) in [6.07, 6.45) is 0.770. The molecule has 0 N–H and O–H groups in total. The summed E-state index contributed by atoms with van der Waals surface area (Å²) in [5.41, 5.74) is 0.379. The Morgan fingerprint density at radius 2 is 1.89 bits per heavy atom. The third kappa shape index (κ3) is 5.71. The fraction of sp³-hybridized carbons (Fsp3) is 0.571. The molecule has 2 atom stereocenters. The van der Waals surface area contributed by atoms with Crippen LogP contribution in [0.25, 0.3) is 0 Å². The van der Waals surface area contributed by atoms with Crippen LogP contribution in [-0.4, -0.2) is 60.9 Å². The van der Waals surface area contributed by atoms with E-state index in [9.17, 15) is 14.4 Å². The first-order valence-electron chi connectivity index (χ1n) is 9.45. The van der Waals surface area contributed by atoms with E-state index in [1.54, 1.807) is 39.8 Å². The van der Waals surface area contributed by atoms with Gasteiger partial charge in [-0.15, -0.1) is 0 Å². The van der Waals surface area contributed by atoms with Gasteiger partial charge in [-0.3, -0.25) is 4.79 Å². The minimum absolute atomic E-state index is 0.0863. The number of piperidine rings is 1. The van der Waals surface area contributed by atoms with Gasteiger partial charge in [-0.1, -0.05) is 12.1 Å². The average Bonchev–Trinajstić information content (AvgIpc) is 2.66. The van der Waals surface area contributed by atoms with Crippen molar-refractivity contribution in [1.82, 2.24) is 9.80 Å². The number of amides is 2. The quantitative estimate of drug-likeness (QED) is 0.723. The molecule has 0 bridgehead atoms. The van der Waals surface area contributed by atoms with Gasteiger partial charge in [0.25, 0.3) is 0 Å². The van der Waals surface area contributed by atoms with Crippen molar-refractivity contribution in [3.05, 3.63) is 29.8 Å². The zero-order valence-electron chi connectivity index (χ0n) is 17.3. The largest absolute Gasteiger partial charge is 0.497 e.